The van der Waals surface area contributed by atoms with E-state index < -0.39 is 0 Å². The lowest BCUT2D eigenvalue weighted by Gasteiger charge is -2.14. The number of rotatable bonds is 15. The summed E-state index contributed by atoms with van der Waals surface area (Å²) >= 11 is 0. The molecule has 0 bridgehead atoms. The van der Waals surface area contributed by atoms with Crippen LogP contribution in [0.25, 0.3) is 29.6 Å². The van der Waals surface area contributed by atoms with Crippen molar-refractivity contribution in [1.82, 2.24) is 20.1 Å². The number of hydrogen-bond acceptors (Lipinski definition) is 3. The van der Waals surface area contributed by atoms with Crippen molar-refractivity contribution in [1.29, 1.82) is 0 Å². The minimum absolute atomic E-state index is 0.302. The molecule has 0 aliphatic rings. The lowest BCUT2D eigenvalue weighted by atomic mass is 9.96. The summed E-state index contributed by atoms with van der Waals surface area (Å²) in [4.78, 5) is 5.56. The van der Waals surface area contributed by atoms with Crippen LogP contribution < -0.4 is 15.9 Å². The van der Waals surface area contributed by atoms with Crippen molar-refractivity contribution in [3.05, 3.63) is 160 Å². The molecule has 5 nitrogen and oxygen atoms in total. The average molecular weight is 642 g/mol. The van der Waals surface area contributed by atoms with E-state index in [0.29, 0.717) is 6.54 Å². The summed E-state index contributed by atoms with van der Waals surface area (Å²) in [5.74, 6) is -0.302. The van der Waals surface area contributed by atoms with Gasteiger partial charge in [0.2, 0.25) is 0 Å². The van der Waals surface area contributed by atoms with Gasteiger partial charge in [0.15, 0.2) is 0 Å². The highest BCUT2D eigenvalue weighted by molar-refractivity contribution is 5.85. The largest absolute Gasteiger partial charge is 0.384 e. The van der Waals surface area contributed by atoms with Gasteiger partial charge in [-0.05, 0) is 111 Å². The van der Waals surface area contributed by atoms with E-state index in [1.807, 2.05) is 57.4 Å². The number of hydrogen-bond donors (Lipinski definition) is 3. The van der Waals surface area contributed by atoms with Gasteiger partial charge in [0.25, 0.3) is 0 Å². The predicted molar refractivity (Wildman–Crippen MR) is 204 cm³/mol. The lowest BCUT2D eigenvalue weighted by Crippen LogP contribution is -2.21. The molecule has 0 aliphatic carbocycles. The molecule has 0 spiro atoms. The number of allylic oxidation sites excluding steroid dienone is 9. The second-order valence-corrected chi connectivity index (χ2v) is 12.1. The maximum atomic E-state index is 14.8. The normalized spacial score (nSPS) is 13.4. The van der Waals surface area contributed by atoms with Crippen molar-refractivity contribution < 1.29 is 4.39 Å². The molecule has 4 rings (SSSR count). The maximum Gasteiger partial charge on any atom is 0.125 e. The Hall–Kier alpha value is -5.20. The Bertz CT molecular complexity index is 1970. The third-order valence-corrected chi connectivity index (χ3v) is 8.26. The number of anilines is 1. The number of aromatic amines is 2. The van der Waals surface area contributed by atoms with Crippen LogP contribution in [-0.2, 0) is 6.42 Å². The number of aromatic nitrogens is 3. The highest BCUT2D eigenvalue weighted by atomic mass is 19.1. The molecule has 0 amide bonds. The van der Waals surface area contributed by atoms with E-state index in [2.05, 4.69) is 101 Å². The first kappa shape index (κ1) is 35.7. The van der Waals surface area contributed by atoms with Crippen LogP contribution in [-0.4, -0.2) is 47.3 Å². The quantitative estimate of drug-likeness (QED) is 0.115. The molecule has 2 heterocycles. The molecule has 0 unspecified atom stereocenters. The minimum Gasteiger partial charge on any atom is -0.384 e. The standard InChI is InChI=1S/C42H48FN5/c1-9-15-38(35-25-36(43)27-37(26-35)44-22-23-48(7)8)39-28-41(45-31(39)6)42-30(5)40(46-47-42)21-18-29(4)34(11-3)24-32(10-2)19-20-33-16-13-12-14-17-33/h9-18,21,24-28,44-46H,1-2,5,19-20,22-23H2,3-4,6-8H3/b29-18+,32-24+,34-11+,38-15-,40-21+. The summed E-state index contributed by atoms with van der Waals surface area (Å²) in [6, 6.07) is 17.6. The Morgan fingerprint density at radius 1 is 1.06 bits per heavy atom. The molecule has 3 N–H and O–H groups in total. The first-order valence-electron chi connectivity index (χ1n) is 16.3. The van der Waals surface area contributed by atoms with Crippen LogP contribution >= 0.6 is 0 Å². The van der Waals surface area contributed by atoms with Crippen LogP contribution in [0.3, 0.4) is 0 Å². The van der Waals surface area contributed by atoms with Crippen molar-refractivity contribution in [3.8, 4) is 11.4 Å². The van der Waals surface area contributed by atoms with E-state index in [0.717, 1.165) is 80.6 Å². The van der Waals surface area contributed by atoms with Crippen LogP contribution in [0, 0.1) is 12.7 Å². The van der Waals surface area contributed by atoms with Crippen molar-refractivity contribution in [3.63, 3.8) is 0 Å². The topological polar surface area (TPSA) is 59.7 Å². The molecule has 248 valence electrons. The van der Waals surface area contributed by atoms with Crippen molar-refractivity contribution in [2.45, 2.75) is 33.6 Å². The Morgan fingerprint density at radius 2 is 1.83 bits per heavy atom. The van der Waals surface area contributed by atoms with E-state index >= 15 is 0 Å². The fourth-order valence-electron chi connectivity index (χ4n) is 5.53. The van der Waals surface area contributed by atoms with Gasteiger partial charge in [-0.15, -0.1) is 0 Å². The SMILES string of the molecule is C=C/C=C(/c1cc(F)cc(NCCN(C)C)c1)c1cc(-c2n[nH]/c(=C/C=C(C)/C(/C=C(\C=C)CCc3ccccc3)=C/C)c2=C)[nH]c1C. The summed E-state index contributed by atoms with van der Waals surface area (Å²) in [6.07, 6.45) is 15.9. The van der Waals surface area contributed by atoms with Gasteiger partial charge in [0.1, 0.15) is 11.5 Å². The third kappa shape index (κ3) is 9.43. The van der Waals surface area contributed by atoms with Crippen molar-refractivity contribution >= 4 is 23.9 Å². The van der Waals surface area contributed by atoms with Gasteiger partial charge < -0.3 is 15.2 Å². The van der Waals surface area contributed by atoms with Crippen LogP contribution in [0.4, 0.5) is 10.1 Å². The van der Waals surface area contributed by atoms with E-state index in [-0.39, 0.29) is 5.82 Å². The van der Waals surface area contributed by atoms with E-state index in [1.54, 1.807) is 12.1 Å². The number of nitrogens with zero attached hydrogens (tertiary/aromatic N) is 2. The molecule has 4 aromatic rings. The lowest BCUT2D eigenvalue weighted by molar-refractivity contribution is 0.425. The summed E-state index contributed by atoms with van der Waals surface area (Å²) in [6.45, 7) is 20.0. The molecule has 0 aliphatic heterocycles. The molecular weight excluding hydrogens is 593 g/mol. The Labute approximate surface area is 285 Å². The van der Waals surface area contributed by atoms with Gasteiger partial charge in [-0.2, -0.15) is 5.10 Å². The first-order chi connectivity index (χ1) is 23.1. The molecule has 6 heteroatoms. The average Bonchev–Trinajstić information content (AvgIpc) is 3.63. The minimum atomic E-state index is -0.302. The number of nitrogens with one attached hydrogen (secondary N) is 3. The van der Waals surface area contributed by atoms with Crippen LogP contribution in [0.1, 0.15) is 42.7 Å². The zero-order chi connectivity index (χ0) is 34.6. The fourth-order valence-corrected chi connectivity index (χ4v) is 5.53. The van der Waals surface area contributed by atoms with Gasteiger partial charge in [-0.1, -0.05) is 86.5 Å². The van der Waals surface area contributed by atoms with Crippen molar-refractivity contribution in [2.75, 3.05) is 32.5 Å². The zero-order valence-electron chi connectivity index (χ0n) is 29.0. The summed E-state index contributed by atoms with van der Waals surface area (Å²) in [5.41, 5.74) is 10.5. The smallest absolute Gasteiger partial charge is 0.125 e. The number of likely N-dealkylation sites (N-methyl/N-ethyl adjacent to an activating group) is 1. The number of aryl methyl sites for hydroxylation is 2. The Morgan fingerprint density at radius 3 is 2.52 bits per heavy atom. The highest BCUT2D eigenvalue weighted by Gasteiger charge is 2.16. The van der Waals surface area contributed by atoms with E-state index in [9.17, 15) is 4.39 Å². The number of H-pyrrole nitrogens is 2. The second-order valence-electron chi connectivity index (χ2n) is 12.1. The van der Waals surface area contributed by atoms with Crippen LogP contribution in [0.5, 0.6) is 0 Å². The fraction of sp³-hybridized carbons (Fsp3) is 0.214. The molecule has 2 aromatic carbocycles. The first-order valence-corrected chi connectivity index (χ1v) is 16.3. The Kier molecular flexibility index (Phi) is 12.7. The molecule has 0 fully saturated rings. The number of halogens is 1. The molecular formula is C42H48FN5. The summed E-state index contributed by atoms with van der Waals surface area (Å²) in [7, 11) is 4.02. The maximum absolute atomic E-state index is 14.8. The highest BCUT2D eigenvalue weighted by Crippen LogP contribution is 2.31. The molecule has 0 atom stereocenters. The molecule has 48 heavy (non-hydrogen) atoms. The zero-order valence-corrected chi connectivity index (χ0v) is 29.0. The third-order valence-electron chi connectivity index (χ3n) is 8.26. The molecule has 0 radical (unpaired) electrons. The van der Waals surface area contributed by atoms with Gasteiger partial charge in [0, 0.05) is 35.3 Å². The van der Waals surface area contributed by atoms with Crippen LogP contribution in [0.15, 0.2) is 121 Å². The molecule has 0 saturated carbocycles. The van der Waals surface area contributed by atoms with Crippen LogP contribution in [0.2, 0.25) is 0 Å². The summed E-state index contributed by atoms with van der Waals surface area (Å²) in [5, 5.41) is 12.7. The van der Waals surface area contributed by atoms with Gasteiger partial charge in [-0.25, -0.2) is 4.39 Å². The van der Waals surface area contributed by atoms with E-state index in [4.69, 9.17) is 0 Å². The molecule has 2 aromatic heterocycles. The second kappa shape index (κ2) is 17.1. The molecule has 0 saturated heterocycles. The Balaban J connectivity index is 1.58. The van der Waals surface area contributed by atoms with Crippen molar-refractivity contribution in [2.24, 2.45) is 0 Å². The van der Waals surface area contributed by atoms with Gasteiger partial charge in [-0.3, -0.25) is 5.10 Å². The predicted octanol–water partition coefficient (Wildman–Crippen LogP) is 8.27. The van der Waals surface area contributed by atoms with Gasteiger partial charge >= 0.3 is 0 Å². The van der Waals surface area contributed by atoms with Gasteiger partial charge in [0.05, 0.1) is 11.0 Å². The summed E-state index contributed by atoms with van der Waals surface area (Å²) < 4.78 is 14.8. The number of benzene rings is 2. The monoisotopic (exact) mass is 641 g/mol. The van der Waals surface area contributed by atoms with E-state index in [1.165, 1.54) is 17.2 Å².